The summed E-state index contributed by atoms with van der Waals surface area (Å²) in [4.78, 5) is 2.61. The lowest BCUT2D eigenvalue weighted by atomic mass is 9.95. The Kier molecular flexibility index (Phi) is 8.02. The summed E-state index contributed by atoms with van der Waals surface area (Å²) in [6, 6.07) is 8.11. The fourth-order valence-corrected chi connectivity index (χ4v) is 3.29. The van der Waals surface area contributed by atoms with Crippen LogP contribution in [0.5, 0.6) is 5.75 Å². The minimum absolute atomic E-state index is 0.221. The van der Waals surface area contributed by atoms with Crippen molar-refractivity contribution in [1.82, 2.24) is 4.90 Å². The fourth-order valence-electron chi connectivity index (χ4n) is 3.29. The summed E-state index contributed by atoms with van der Waals surface area (Å²) in [5, 5.41) is 0. The van der Waals surface area contributed by atoms with Crippen LogP contribution in [0.4, 0.5) is 0 Å². The molecule has 0 aliphatic rings. The molecule has 0 N–H and O–H groups in total. The van der Waals surface area contributed by atoms with Gasteiger partial charge in [0.25, 0.3) is 0 Å². The van der Waals surface area contributed by atoms with Gasteiger partial charge >= 0.3 is 0 Å². The quantitative estimate of drug-likeness (QED) is 0.502. The van der Waals surface area contributed by atoms with Gasteiger partial charge in [-0.05, 0) is 78.6 Å². The Balaban J connectivity index is 2.20. The highest BCUT2D eigenvalue weighted by Gasteiger charge is 2.30. The van der Waals surface area contributed by atoms with Crippen molar-refractivity contribution < 1.29 is 4.74 Å². The van der Waals surface area contributed by atoms with Crippen LogP contribution in [-0.4, -0.2) is 29.1 Å². The highest BCUT2D eigenvalue weighted by Crippen LogP contribution is 2.25. The standard InChI is InChI=1S/C22H37NO/c1-8-19-13-15-20(16-14-19)24-18-12-10-9-11-17-23(21(2,3)4)22(5,6)7/h8,13-16H,1,9-12,17-18H2,2-7H3. The molecular formula is C22H37NO. The molecule has 0 aromatic heterocycles. The summed E-state index contributed by atoms with van der Waals surface area (Å²) in [6.45, 7) is 19.6. The Morgan fingerprint density at radius 1 is 0.875 bits per heavy atom. The molecule has 0 bridgehead atoms. The molecule has 0 fully saturated rings. The summed E-state index contributed by atoms with van der Waals surface area (Å²) in [7, 11) is 0. The molecule has 0 radical (unpaired) electrons. The van der Waals surface area contributed by atoms with Gasteiger partial charge in [0.2, 0.25) is 0 Å². The molecular weight excluding hydrogens is 294 g/mol. The maximum atomic E-state index is 5.80. The van der Waals surface area contributed by atoms with Crippen LogP contribution in [0.1, 0.15) is 72.8 Å². The summed E-state index contributed by atoms with van der Waals surface area (Å²) in [6.07, 6.45) is 6.72. The zero-order chi connectivity index (χ0) is 18.2. The Hall–Kier alpha value is -1.28. The van der Waals surface area contributed by atoms with Gasteiger partial charge in [0.15, 0.2) is 0 Å². The molecule has 0 saturated carbocycles. The average molecular weight is 332 g/mol. The number of unbranched alkanes of at least 4 members (excludes halogenated alkanes) is 3. The smallest absolute Gasteiger partial charge is 0.119 e. The molecule has 1 aromatic rings. The molecule has 0 atom stereocenters. The van der Waals surface area contributed by atoms with Crippen LogP contribution in [0.25, 0.3) is 6.08 Å². The van der Waals surface area contributed by atoms with Gasteiger partial charge in [-0.25, -0.2) is 0 Å². The van der Waals surface area contributed by atoms with Crippen molar-refractivity contribution in [2.45, 2.75) is 78.3 Å². The largest absolute Gasteiger partial charge is 0.494 e. The van der Waals surface area contributed by atoms with Gasteiger partial charge in [-0.3, -0.25) is 4.90 Å². The Bertz CT molecular complexity index is 462. The van der Waals surface area contributed by atoms with Crippen molar-refractivity contribution in [3.8, 4) is 5.75 Å². The molecule has 0 aliphatic carbocycles. The minimum Gasteiger partial charge on any atom is -0.494 e. The van der Waals surface area contributed by atoms with Crippen LogP contribution in [-0.2, 0) is 0 Å². The van der Waals surface area contributed by atoms with Gasteiger partial charge in [0, 0.05) is 11.1 Å². The number of hydrogen-bond acceptors (Lipinski definition) is 2. The molecule has 0 saturated heterocycles. The highest BCUT2D eigenvalue weighted by atomic mass is 16.5. The Labute approximate surface area is 149 Å². The molecule has 0 heterocycles. The van der Waals surface area contributed by atoms with E-state index in [0.29, 0.717) is 0 Å². The van der Waals surface area contributed by atoms with Crippen molar-refractivity contribution in [1.29, 1.82) is 0 Å². The molecule has 1 rings (SSSR count). The van der Waals surface area contributed by atoms with E-state index in [1.807, 2.05) is 30.3 Å². The van der Waals surface area contributed by atoms with Crippen LogP contribution in [0.2, 0.25) is 0 Å². The maximum Gasteiger partial charge on any atom is 0.119 e. The molecule has 136 valence electrons. The Morgan fingerprint density at radius 2 is 1.42 bits per heavy atom. The molecule has 0 aliphatic heterocycles. The predicted octanol–water partition coefficient (Wildman–Crippen LogP) is 6.17. The van der Waals surface area contributed by atoms with E-state index in [-0.39, 0.29) is 11.1 Å². The van der Waals surface area contributed by atoms with Crippen molar-refractivity contribution in [2.75, 3.05) is 13.2 Å². The monoisotopic (exact) mass is 331 g/mol. The van der Waals surface area contributed by atoms with E-state index >= 15 is 0 Å². The van der Waals surface area contributed by atoms with E-state index in [4.69, 9.17) is 4.74 Å². The fraction of sp³-hybridized carbons (Fsp3) is 0.636. The van der Waals surface area contributed by atoms with Crippen LogP contribution in [0.3, 0.4) is 0 Å². The normalized spacial score (nSPS) is 12.5. The molecule has 1 aromatic carbocycles. The van der Waals surface area contributed by atoms with Crippen LogP contribution >= 0.6 is 0 Å². The van der Waals surface area contributed by atoms with Crippen LogP contribution in [0.15, 0.2) is 30.8 Å². The molecule has 0 amide bonds. The topological polar surface area (TPSA) is 12.5 Å². The number of nitrogens with zero attached hydrogens (tertiary/aromatic N) is 1. The van der Waals surface area contributed by atoms with Gasteiger partial charge in [0.1, 0.15) is 5.75 Å². The lowest BCUT2D eigenvalue weighted by molar-refractivity contribution is 0.0366. The summed E-state index contributed by atoms with van der Waals surface area (Å²) in [5.74, 6) is 0.951. The lowest BCUT2D eigenvalue weighted by Crippen LogP contribution is -2.52. The molecule has 0 spiro atoms. The molecule has 0 unspecified atom stereocenters. The van der Waals surface area contributed by atoms with Gasteiger partial charge < -0.3 is 4.74 Å². The number of ether oxygens (including phenoxy) is 1. The third-order valence-electron chi connectivity index (χ3n) is 4.28. The second kappa shape index (κ2) is 9.27. The third-order valence-corrected chi connectivity index (χ3v) is 4.28. The predicted molar refractivity (Wildman–Crippen MR) is 107 cm³/mol. The number of hydrogen-bond donors (Lipinski definition) is 0. The maximum absolute atomic E-state index is 5.80. The van der Waals surface area contributed by atoms with E-state index in [2.05, 4.69) is 53.0 Å². The van der Waals surface area contributed by atoms with Crippen LogP contribution < -0.4 is 4.74 Å². The molecule has 2 heteroatoms. The number of benzene rings is 1. The third kappa shape index (κ3) is 7.53. The second-order valence-electron chi connectivity index (χ2n) is 8.53. The van der Waals surface area contributed by atoms with E-state index in [1.54, 1.807) is 0 Å². The van der Waals surface area contributed by atoms with Gasteiger partial charge in [0.05, 0.1) is 6.61 Å². The van der Waals surface area contributed by atoms with Crippen molar-refractivity contribution in [3.63, 3.8) is 0 Å². The van der Waals surface area contributed by atoms with E-state index in [0.717, 1.165) is 30.9 Å². The zero-order valence-corrected chi connectivity index (χ0v) is 16.7. The Morgan fingerprint density at radius 3 is 1.92 bits per heavy atom. The van der Waals surface area contributed by atoms with Gasteiger partial charge in [-0.15, -0.1) is 0 Å². The highest BCUT2D eigenvalue weighted by molar-refractivity contribution is 5.48. The second-order valence-corrected chi connectivity index (χ2v) is 8.53. The summed E-state index contributed by atoms with van der Waals surface area (Å²) in [5.41, 5.74) is 1.57. The first-order valence-electron chi connectivity index (χ1n) is 9.27. The van der Waals surface area contributed by atoms with Gasteiger partial charge in [-0.2, -0.15) is 0 Å². The van der Waals surface area contributed by atoms with Crippen molar-refractivity contribution >= 4 is 6.08 Å². The van der Waals surface area contributed by atoms with Crippen LogP contribution in [0, 0.1) is 0 Å². The van der Waals surface area contributed by atoms with E-state index in [9.17, 15) is 0 Å². The summed E-state index contributed by atoms with van der Waals surface area (Å²) < 4.78 is 5.80. The zero-order valence-electron chi connectivity index (χ0n) is 16.7. The molecule has 24 heavy (non-hydrogen) atoms. The average Bonchev–Trinajstić information content (AvgIpc) is 2.48. The first-order valence-corrected chi connectivity index (χ1v) is 9.27. The first-order chi connectivity index (χ1) is 11.1. The summed E-state index contributed by atoms with van der Waals surface area (Å²) >= 11 is 0. The van der Waals surface area contributed by atoms with E-state index in [1.165, 1.54) is 19.3 Å². The SMILES string of the molecule is C=Cc1ccc(OCCCCCCN(C(C)(C)C)C(C)(C)C)cc1. The van der Waals surface area contributed by atoms with Gasteiger partial charge in [-0.1, -0.05) is 37.6 Å². The van der Waals surface area contributed by atoms with Crippen molar-refractivity contribution in [3.05, 3.63) is 36.4 Å². The lowest BCUT2D eigenvalue weighted by Gasteiger charge is -2.45. The molecule has 2 nitrogen and oxygen atoms in total. The van der Waals surface area contributed by atoms with E-state index < -0.39 is 0 Å². The number of rotatable bonds is 9. The minimum atomic E-state index is 0.221. The van der Waals surface area contributed by atoms with Crippen molar-refractivity contribution in [2.24, 2.45) is 0 Å². The first kappa shape index (κ1) is 20.8.